The van der Waals surface area contributed by atoms with Gasteiger partial charge in [-0.15, -0.1) is 0 Å². The van der Waals surface area contributed by atoms with Crippen LogP contribution in [-0.2, 0) is 0 Å². The highest BCUT2D eigenvalue weighted by Gasteiger charge is 2.23. The first-order valence-electron chi connectivity index (χ1n) is 3.94. The van der Waals surface area contributed by atoms with E-state index in [1.54, 1.807) is 0 Å². The molecule has 1 aromatic rings. The van der Waals surface area contributed by atoms with Gasteiger partial charge in [0.05, 0.1) is 12.2 Å². The van der Waals surface area contributed by atoms with E-state index >= 15 is 0 Å². The van der Waals surface area contributed by atoms with Gasteiger partial charge in [-0.25, -0.2) is 10.9 Å². The van der Waals surface area contributed by atoms with Crippen LogP contribution in [0.4, 0.5) is 0 Å². The van der Waals surface area contributed by atoms with Crippen molar-refractivity contribution < 1.29 is 0 Å². The molecule has 1 aromatic carbocycles. The van der Waals surface area contributed by atoms with E-state index in [9.17, 15) is 0 Å². The van der Waals surface area contributed by atoms with Crippen LogP contribution in [0.25, 0.3) is 0 Å². The summed E-state index contributed by atoms with van der Waals surface area (Å²) in [6.45, 7) is 0. The van der Waals surface area contributed by atoms with E-state index in [1.165, 1.54) is 5.56 Å². The van der Waals surface area contributed by atoms with Crippen LogP contribution >= 0.6 is 0 Å². The van der Waals surface area contributed by atoms with Crippen molar-refractivity contribution in [1.29, 1.82) is 0 Å². The van der Waals surface area contributed by atoms with Crippen molar-refractivity contribution in [2.45, 2.75) is 12.2 Å². The predicted octanol–water partition coefficient (Wildman–Crippen LogP) is -0.375. The van der Waals surface area contributed by atoms with Gasteiger partial charge >= 0.3 is 0 Å². The number of hydrogen-bond donors (Lipinski definition) is 4. The number of nitrogens with one attached hydrogen (secondary N) is 3. The van der Waals surface area contributed by atoms with Crippen LogP contribution in [0.3, 0.4) is 0 Å². The van der Waals surface area contributed by atoms with Crippen molar-refractivity contribution in [2.24, 2.45) is 5.73 Å². The third kappa shape index (κ3) is 1.33. The largest absolute Gasteiger partial charge is 0.313 e. The number of benzene rings is 1. The van der Waals surface area contributed by atoms with E-state index in [4.69, 9.17) is 5.73 Å². The Morgan fingerprint density at radius 3 is 2.42 bits per heavy atom. The summed E-state index contributed by atoms with van der Waals surface area (Å²) in [7, 11) is 0. The highest BCUT2D eigenvalue weighted by atomic mass is 15.7. The second kappa shape index (κ2) is 3.20. The normalized spacial score (nSPS) is 29.1. The summed E-state index contributed by atoms with van der Waals surface area (Å²) in [6.07, 6.45) is -0.0765. The van der Waals surface area contributed by atoms with E-state index in [0.717, 1.165) is 0 Å². The molecule has 1 aliphatic heterocycles. The number of hydrazine groups is 2. The van der Waals surface area contributed by atoms with Gasteiger partial charge in [-0.3, -0.25) is 0 Å². The minimum Gasteiger partial charge on any atom is -0.313 e. The van der Waals surface area contributed by atoms with Gasteiger partial charge in [0.25, 0.3) is 0 Å². The number of hydrogen-bond acceptors (Lipinski definition) is 4. The third-order valence-corrected chi connectivity index (χ3v) is 1.98. The van der Waals surface area contributed by atoms with Crippen molar-refractivity contribution in [3.8, 4) is 0 Å². The molecular formula is C8H12N4. The Hall–Kier alpha value is -0.940. The Bertz CT molecular complexity index is 248. The molecule has 0 amide bonds. The van der Waals surface area contributed by atoms with Gasteiger partial charge in [-0.2, -0.15) is 5.53 Å². The van der Waals surface area contributed by atoms with Crippen molar-refractivity contribution >= 4 is 0 Å². The fraction of sp³-hybridized carbons (Fsp3) is 0.250. The maximum atomic E-state index is 5.77. The Balaban J connectivity index is 2.19. The zero-order valence-corrected chi connectivity index (χ0v) is 6.62. The molecular weight excluding hydrogens is 152 g/mol. The van der Waals surface area contributed by atoms with Crippen molar-refractivity contribution in [1.82, 2.24) is 16.4 Å². The minimum atomic E-state index is -0.0765. The van der Waals surface area contributed by atoms with E-state index in [-0.39, 0.29) is 12.2 Å². The Morgan fingerprint density at radius 2 is 1.83 bits per heavy atom. The van der Waals surface area contributed by atoms with Gasteiger partial charge in [0, 0.05) is 0 Å². The first-order chi connectivity index (χ1) is 5.88. The molecule has 12 heavy (non-hydrogen) atoms. The van der Waals surface area contributed by atoms with E-state index in [2.05, 4.69) is 16.4 Å². The molecule has 0 spiro atoms. The summed E-state index contributed by atoms with van der Waals surface area (Å²) >= 11 is 0. The number of nitrogens with two attached hydrogens (primary N) is 1. The molecule has 4 heteroatoms. The molecule has 0 bridgehead atoms. The van der Waals surface area contributed by atoms with Gasteiger partial charge in [-0.05, 0) is 5.56 Å². The standard InChI is InChI=1S/C8H12N4/c9-8-7(10-12-11-8)6-4-2-1-3-5-6/h1-5,7-8,10-12H,9H2. The van der Waals surface area contributed by atoms with Crippen molar-refractivity contribution in [2.75, 3.05) is 0 Å². The van der Waals surface area contributed by atoms with Crippen LogP contribution in [0.15, 0.2) is 30.3 Å². The quantitative estimate of drug-likeness (QED) is 0.457. The summed E-state index contributed by atoms with van der Waals surface area (Å²) in [5.41, 5.74) is 15.7. The average Bonchev–Trinajstić information content (AvgIpc) is 2.53. The fourth-order valence-corrected chi connectivity index (χ4v) is 1.33. The highest BCUT2D eigenvalue weighted by Crippen LogP contribution is 2.14. The maximum absolute atomic E-state index is 5.77. The molecule has 2 rings (SSSR count). The summed E-state index contributed by atoms with van der Waals surface area (Å²) in [5, 5.41) is 0. The predicted molar refractivity (Wildman–Crippen MR) is 46.6 cm³/mol. The molecule has 0 aromatic heterocycles. The summed E-state index contributed by atoms with van der Waals surface area (Å²) in [5.74, 6) is 0. The first-order valence-corrected chi connectivity index (χ1v) is 3.94. The molecule has 0 aliphatic carbocycles. The lowest BCUT2D eigenvalue weighted by atomic mass is 10.1. The fourth-order valence-electron chi connectivity index (χ4n) is 1.33. The topological polar surface area (TPSA) is 62.1 Å². The number of rotatable bonds is 1. The molecule has 1 saturated heterocycles. The van der Waals surface area contributed by atoms with Crippen LogP contribution in [0.5, 0.6) is 0 Å². The molecule has 1 aliphatic rings. The van der Waals surface area contributed by atoms with Gasteiger partial charge in [0.2, 0.25) is 0 Å². The molecule has 5 N–H and O–H groups in total. The SMILES string of the molecule is NC1NNNC1c1ccccc1. The lowest BCUT2D eigenvalue weighted by Gasteiger charge is -2.13. The lowest BCUT2D eigenvalue weighted by molar-refractivity contribution is 0.546. The van der Waals surface area contributed by atoms with Gasteiger partial charge in [0.15, 0.2) is 0 Å². The Kier molecular flexibility index (Phi) is 2.05. The van der Waals surface area contributed by atoms with Crippen LogP contribution < -0.4 is 22.1 Å². The van der Waals surface area contributed by atoms with Crippen LogP contribution in [-0.4, -0.2) is 6.17 Å². The van der Waals surface area contributed by atoms with Crippen LogP contribution in [0.2, 0.25) is 0 Å². The summed E-state index contributed by atoms with van der Waals surface area (Å²) in [6, 6.07) is 10.2. The summed E-state index contributed by atoms with van der Waals surface area (Å²) < 4.78 is 0. The highest BCUT2D eigenvalue weighted by molar-refractivity contribution is 5.20. The van der Waals surface area contributed by atoms with E-state index in [1.807, 2.05) is 30.3 Å². The molecule has 1 fully saturated rings. The second-order valence-corrected chi connectivity index (χ2v) is 2.83. The maximum Gasteiger partial charge on any atom is 0.0903 e. The molecule has 64 valence electrons. The molecule has 0 radical (unpaired) electrons. The second-order valence-electron chi connectivity index (χ2n) is 2.83. The monoisotopic (exact) mass is 164 g/mol. The molecule has 1 heterocycles. The lowest BCUT2D eigenvalue weighted by Crippen LogP contribution is -2.38. The van der Waals surface area contributed by atoms with E-state index in [0.29, 0.717) is 0 Å². The van der Waals surface area contributed by atoms with Gasteiger partial charge < -0.3 is 5.73 Å². The smallest absolute Gasteiger partial charge is 0.0903 e. The minimum absolute atomic E-state index is 0.0765. The van der Waals surface area contributed by atoms with Crippen LogP contribution in [0, 0.1) is 0 Å². The van der Waals surface area contributed by atoms with Crippen molar-refractivity contribution in [3.05, 3.63) is 35.9 Å². The van der Waals surface area contributed by atoms with Gasteiger partial charge in [0.1, 0.15) is 0 Å². The zero-order valence-electron chi connectivity index (χ0n) is 6.62. The Morgan fingerprint density at radius 1 is 1.08 bits per heavy atom. The molecule has 4 nitrogen and oxygen atoms in total. The summed E-state index contributed by atoms with van der Waals surface area (Å²) in [4.78, 5) is 0. The average molecular weight is 164 g/mol. The van der Waals surface area contributed by atoms with E-state index < -0.39 is 0 Å². The van der Waals surface area contributed by atoms with Crippen molar-refractivity contribution in [3.63, 3.8) is 0 Å². The molecule has 2 atom stereocenters. The molecule has 0 saturated carbocycles. The van der Waals surface area contributed by atoms with Crippen LogP contribution in [0.1, 0.15) is 11.6 Å². The molecule has 2 unspecified atom stereocenters. The zero-order chi connectivity index (χ0) is 8.39. The Labute approximate surface area is 71.1 Å². The third-order valence-electron chi connectivity index (χ3n) is 1.98. The van der Waals surface area contributed by atoms with Gasteiger partial charge in [-0.1, -0.05) is 30.3 Å². The first kappa shape index (κ1) is 7.70.